The van der Waals surface area contributed by atoms with Gasteiger partial charge < -0.3 is 5.11 Å². The van der Waals surface area contributed by atoms with Crippen molar-refractivity contribution in [2.24, 2.45) is 0 Å². The van der Waals surface area contributed by atoms with Gasteiger partial charge in [0.2, 0.25) is 10.0 Å². The van der Waals surface area contributed by atoms with Crippen LogP contribution in [0.2, 0.25) is 0 Å². The number of aliphatic hydroxyl groups is 1. The Labute approximate surface area is 111 Å². The first-order chi connectivity index (χ1) is 8.86. The zero-order valence-corrected chi connectivity index (χ0v) is 11.3. The van der Waals surface area contributed by atoms with Crippen LogP contribution in [0.15, 0.2) is 29.2 Å². The van der Waals surface area contributed by atoms with Crippen LogP contribution in [0.4, 0.5) is 5.69 Å². The fourth-order valence-corrected chi connectivity index (χ4v) is 2.87. The molecule has 106 valence electrons. The number of nitrogens with zero attached hydrogens (tertiary/aromatic N) is 1. The van der Waals surface area contributed by atoms with Crippen molar-refractivity contribution in [3.05, 3.63) is 34.4 Å². The maximum atomic E-state index is 12.0. The van der Waals surface area contributed by atoms with Crippen molar-refractivity contribution < 1.29 is 18.4 Å². The van der Waals surface area contributed by atoms with Gasteiger partial charge in [0.1, 0.15) is 0 Å². The van der Waals surface area contributed by atoms with Crippen molar-refractivity contribution in [1.29, 1.82) is 0 Å². The molecule has 0 saturated heterocycles. The lowest BCUT2D eigenvalue weighted by atomic mass is 10.2. The van der Waals surface area contributed by atoms with Crippen molar-refractivity contribution in [1.82, 2.24) is 4.72 Å². The molecule has 0 amide bonds. The minimum atomic E-state index is -3.78. The van der Waals surface area contributed by atoms with E-state index >= 15 is 0 Å². The standard InChI is InChI=1S/C11H16N2O5S/c1-9(4-3-7-14)12-19(17,18)11-6-2-5-10(8-11)13(15)16/h2,5-6,8-9,12,14H,3-4,7H2,1H3. The number of rotatable bonds is 7. The monoisotopic (exact) mass is 288 g/mol. The normalized spacial score (nSPS) is 13.2. The third-order valence-corrected chi connectivity index (χ3v) is 4.08. The number of nitro benzene ring substituents is 1. The molecule has 0 aliphatic heterocycles. The van der Waals surface area contributed by atoms with Gasteiger partial charge in [-0.15, -0.1) is 0 Å². The molecule has 0 aliphatic carbocycles. The van der Waals surface area contributed by atoms with Crippen molar-refractivity contribution in [3.63, 3.8) is 0 Å². The quantitative estimate of drug-likeness (QED) is 0.575. The second kappa shape index (κ2) is 6.60. The summed E-state index contributed by atoms with van der Waals surface area (Å²) in [5.41, 5.74) is -0.272. The smallest absolute Gasteiger partial charge is 0.270 e. The lowest BCUT2D eigenvalue weighted by Crippen LogP contribution is -2.32. The SMILES string of the molecule is CC(CCCO)NS(=O)(=O)c1cccc([N+](=O)[O-])c1. The van der Waals surface area contributed by atoms with Gasteiger partial charge in [-0.25, -0.2) is 13.1 Å². The summed E-state index contributed by atoms with van der Waals surface area (Å²) in [5, 5.41) is 19.3. The van der Waals surface area contributed by atoms with Crippen LogP contribution in [-0.2, 0) is 10.0 Å². The van der Waals surface area contributed by atoms with Crippen LogP contribution in [0.5, 0.6) is 0 Å². The van der Waals surface area contributed by atoms with Gasteiger partial charge in [-0.1, -0.05) is 6.07 Å². The second-order valence-corrected chi connectivity index (χ2v) is 5.86. The summed E-state index contributed by atoms with van der Waals surface area (Å²) >= 11 is 0. The first kappa shape index (κ1) is 15.5. The molecule has 19 heavy (non-hydrogen) atoms. The van der Waals surface area contributed by atoms with E-state index in [0.717, 1.165) is 6.07 Å². The summed E-state index contributed by atoms with van der Waals surface area (Å²) in [6, 6.07) is 4.52. The predicted octanol–water partition coefficient (Wildman–Crippen LogP) is 1.03. The van der Waals surface area contributed by atoms with Gasteiger partial charge >= 0.3 is 0 Å². The number of aliphatic hydroxyl groups excluding tert-OH is 1. The van der Waals surface area contributed by atoms with Crippen LogP contribution in [0.25, 0.3) is 0 Å². The first-order valence-electron chi connectivity index (χ1n) is 5.74. The van der Waals surface area contributed by atoms with Gasteiger partial charge in [-0.05, 0) is 25.8 Å². The molecule has 0 radical (unpaired) electrons. The number of hydrogen-bond donors (Lipinski definition) is 2. The molecule has 8 heteroatoms. The molecular formula is C11H16N2O5S. The molecule has 7 nitrogen and oxygen atoms in total. The van der Waals surface area contributed by atoms with Gasteiger partial charge in [-0.3, -0.25) is 10.1 Å². The molecule has 0 aliphatic rings. The number of hydrogen-bond acceptors (Lipinski definition) is 5. The zero-order valence-electron chi connectivity index (χ0n) is 10.4. The fraction of sp³-hybridized carbons (Fsp3) is 0.455. The van der Waals surface area contributed by atoms with Crippen LogP contribution in [0.3, 0.4) is 0 Å². The number of sulfonamides is 1. The van der Waals surface area contributed by atoms with E-state index in [1.807, 2.05) is 0 Å². The van der Waals surface area contributed by atoms with E-state index in [4.69, 9.17) is 5.11 Å². The number of nitro groups is 1. The highest BCUT2D eigenvalue weighted by Crippen LogP contribution is 2.17. The topological polar surface area (TPSA) is 110 Å². The average molecular weight is 288 g/mol. The maximum absolute atomic E-state index is 12.0. The largest absolute Gasteiger partial charge is 0.396 e. The highest BCUT2D eigenvalue weighted by atomic mass is 32.2. The Balaban J connectivity index is 2.88. The van der Waals surface area contributed by atoms with Gasteiger partial charge in [0.15, 0.2) is 0 Å². The molecule has 0 spiro atoms. The molecule has 0 bridgehead atoms. The van der Waals surface area contributed by atoms with Crippen molar-refractivity contribution in [2.75, 3.05) is 6.61 Å². The van der Waals surface area contributed by atoms with E-state index in [1.165, 1.54) is 18.2 Å². The molecule has 1 unspecified atom stereocenters. The summed E-state index contributed by atoms with van der Waals surface area (Å²) in [6.45, 7) is 1.66. The van der Waals surface area contributed by atoms with Crippen LogP contribution in [0.1, 0.15) is 19.8 Å². The molecule has 0 heterocycles. The minimum Gasteiger partial charge on any atom is -0.396 e. The van der Waals surface area contributed by atoms with E-state index in [1.54, 1.807) is 6.92 Å². The van der Waals surface area contributed by atoms with E-state index in [-0.39, 0.29) is 23.2 Å². The summed E-state index contributed by atoms with van der Waals surface area (Å²) in [5.74, 6) is 0. The van der Waals surface area contributed by atoms with E-state index in [2.05, 4.69) is 4.72 Å². The van der Waals surface area contributed by atoms with Crippen LogP contribution < -0.4 is 4.72 Å². The first-order valence-corrected chi connectivity index (χ1v) is 7.23. The molecule has 1 aromatic rings. The summed E-state index contributed by atoms with van der Waals surface area (Å²) < 4.78 is 26.4. The molecule has 0 saturated carbocycles. The lowest BCUT2D eigenvalue weighted by Gasteiger charge is -2.13. The Bertz CT molecular complexity index is 544. The van der Waals surface area contributed by atoms with Crippen molar-refractivity contribution >= 4 is 15.7 Å². The Morgan fingerprint density at radius 3 is 2.74 bits per heavy atom. The highest BCUT2D eigenvalue weighted by molar-refractivity contribution is 7.89. The highest BCUT2D eigenvalue weighted by Gasteiger charge is 2.19. The number of nitrogens with one attached hydrogen (secondary N) is 1. The molecule has 0 aromatic heterocycles. The van der Waals surface area contributed by atoms with Crippen LogP contribution in [0, 0.1) is 10.1 Å². The Morgan fingerprint density at radius 1 is 1.47 bits per heavy atom. The average Bonchev–Trinajstić information content (AvgIpc) is 2.36. The minimum absolute atomic E-state index is 0.0110. The van der Waals surface area contributed by atoms with E-state index in [9.17, 15) is 18.5 Å². The van der Waals surface area contributed by atoms with E-state index < -0.39 is 14.9 Å². The molecule has 0 fully saturated rings. The third kappa shape index (κ3) is 4.58. The lowest BCUT2D eigenvalue weighted by molar-refractivity contribution is -0.385. The Hall–Kier alpha value is -1.51. The Morgan fingerprint density at radius 2 is 2.16 bits per heavy atom. The van der Waals surface area contributed by atoms with Crippen LogP contribution >= 0.6 is 0 Å². The zero-order chi connectivity index (χ0) is 14.5. The maximum Gasteiger partial charge on any atom is 0.270 e. The third-order valence-electron chi connectivity index (χ3n) is 2.49. The van der Waals surface area contributed by atoms with Gasteiger partial charge in [0, 0.05) is 24.8 Å². The number of benzene rings is 1. The molecule has 1 rings (SSSR count). The van der Waals surface area contributed by atoms with Crippen molar-refractivity contribution in [3.8, 4) is 0 Å². The Kier molecular flexibility index (Phi) is 5.40. The predicted molar refractivity (Wildman–Crippen MR) is 69.2 cm³/mol. The fourth-order valence-electron chi connectivity index (χ4n) is 1.55. The number of non-ortho nitro benzene ring substituents is 1. The molecular weight excluding hydrogens is 272 g/mol. The van der Waals surface area contributed by atoms with Gasteiger partial charge in [0.25, 0.3) is 5.69 Å². The summed E-state index contributed by atoms with van der Waals surface area (Å²) in [7, 11) is -3.78. The van der Waals surface area contributed by atoms with E-state index in [0.29, 0.717) is 12.8 Å². The second-order valence-electron chi connectivity index (χ2n) is 4.14. The van der Waals surface area contributed by atoms with Gasteiger partial charge in [-0.2, -0.15) is 0 Å². The summed E-state index contributed by atoms with van der Waals surface area (Å²) in [6.07, 6.45) is 0.975. The van der Waals surface area contributed by atoms with Crippen LogP contribution in [-0.4, -0.2) is 31.1 Å². The summed E-state index contributed by atoms with van der Waals surface area (Å²) in [4.78, 5) is 9.82. The van der Waals surface area contributed by atoms with Gasteiger partial charge in [0.05, 0.1) is 9.82 Å². The van der Waals surface area contributed by atoms with Crippen molar-refractivity contribution in [2.45, 2.75) is 30.7 Å². The molecule has 1 atom stereocenters. The molecule has 2 N–H and O–H groups in total. The molecule has 1 aromatic carbocycles.